The maximum absolute atomic E-state index is 12.7. The minimum absolute atomic E-state index is 0.0935. The van der Waals surface area contributed by atoms with Crippen LogP contribution in [0.2, 0.25) is 5.02 Å². The molecule has 1 aliphatic rings. The highest BCUT2D eigenvalue weighted by atomic mass is 35.5. The van der Waals surface area contributed by atoms with Crippen molar-refractivity contribution in [1.29, 1.82) is 0 Å². The molecule has 6 heteroatoms. The molecule has 0 bridgehead atoms. The van der Waals surface area contributed by atoms with Crippen molar-refractivity contribution in [1.82, 2.24) is 10.6 Å². The van der Waals surface area contributed by atoms with Gasteiger partial charge in [-0.15, -0.1) is 0 Å². The van der Waals surface area contributed by atoms with Gasteiger partial charge in [-0.1, -0.05) is 29.8 Å². The van der Waals surface area contributed by atoms with Gasteiger partial charge in [0.25, 0.3) is 5.91 Å². The molecule has 0 aliphatic carbocycles. The third kappa shape index (κ3) is 3.79. The number of phenols is 1. The van der Waals surface area contributed by atoms with Gasteiger partial charge in [0.15, 0.2) is 0 Å². The molecule has 3 N–H and O–H groups in total. The standard InChI is InChI=1S/C20H23ClN2O3/c1-26-17-7-3-6-16(24)18(17)19(25)23-13-20(8-10-22-11-9-20)14-4-2-5-15(21)12-14/h2-7,12,22,24H,8-11,13H2,1H3,(H,23,25). The van der Waals surface area contributed by atoms with Gasteiger partial charge in [-0.05, 0) is 55.8 Å². The van der Waals surface area contributed by atoms with Crippen molar-refractivity contribution in [2.45, 2.75) is 18.3 Å². The van der Waals surface area contributed by atoms with Gasteiger partial charge in [-0.3, -0.25) is 4.79 Å². The highest BCUT2D eigenvalue weighted by molar-refractivity contribution is 6.30. The first-order chi connectivity index (χ1) is 12.6. The summed E-state index contributed by atoms with van der Waals surface area (Å²) in [5, 5.41) is 17.1. The van der Waals surface area contributed by atoms with E-state index in [2.05, 4.69) is 16.7 Å². The highest BCUT2D eigenvalue weighted by Gasteiger charge is 2.35. The fraction of sp³-hybridized carbons (Fsp3) is 0.350. The highest BCUT2D eigenvalue weighted by Crippen LogP contribution is 2.35. The quantitative estimate of drug-likeness (QED) is 0.752. The van der Waals surface area contributed by atoms with Crippen molar-refractivity contribution >= 4 is 17.5 Å². The minimum atomic E-state index is -0.347. The number of hydrogen-bond donors (Lipinski definition) is 3. The SMILES string of the molecule is COc1cccc(O)c1C(=O)NCC1(c2cccc(Cl)c2)CCNCC1. The van der Waals surface area contributed by atoms with Gasteiger partial charge in [-0.25, -0.2) is 0 Å². The molecule has 1 fully saturated rings. The Morgan fingerprint density at radius 2 is 2.00 bits per heavy atom. The average Bonchev–Trinajstić information content (AvgIpc) is 2.66. The minimum Gasteiger partial charge on any atom is -0.507 e. The van der Waals surface area contributed by atoms with Crippen molar-refractivity contribution in [3.8, 4) is 11.5 Å². The predicted octanol–water partition coefficient (Wildman–Crippen LogP) is 3.11. The first-order valence-electron chi connectivity index (χ1n) is 8.67. The van der Waals surface area contributed by atoms with Crippen LogP contribution in [0.25, 0.3) is 0 Å². The maximum Gasteiger partial charge on any atom is 0.258 e. The summed E-state index contributed by atoms with van der Waals surface area (Å²) in [6, 6.07) is 12.6. The second kappa shape index (κ2) is 7.98. The molecule has 5 nitrogen and oxygen atoms in total. The van der Waals surface area contributed by atoms with Crippen LogP contribution in [-0.2, 0) is 5.41 Å². The monoisotopic (exact) mass is 374 g/mol. The molecule has 0 unspecified atom stereocenters. The van der Waals surface area contributed by atoms with E-state index >= 15 is 0 Å². The second-order valence-electron chi connectivity index (χ2n) is 6.58. The largest absolute Gasteiger partial charge is 0.507 e. The van der Waals surface area contributed by atoms with Gasteiger partial charge in [0, 0.05) is 17.0 Å². The van der Waals surface area contributed by atoms with Gasteiger partial charge in [-0.2, -0.15) is 0 Å². The zero-order valence-electron chi connectivity index (χ0n) is 14.7. The van der Waals surface area contributed by atoms with E-state index in [1.54, 1.807) is 12.1 Å². The Hall–Kier alpha value is -2.24. The molecule has 3 rings (SSSR count). The number of phenolic OH excluding ortho intramolecular Hbond substituents is 1. The van der Waals surface area contributed by atoms with Crippen molar-refractivity contribution < 1.29 is 14.6 Å². The van der Waals surface area contributed by atoms with Crippen molar-refractivity contribution in [3.05, 3.63) is 58.6 Å². The lowest BCUT2D eigenvalue weighted by atomic mass is 9.73. The van der Waals surface area contributed by atoms with E-state index < -0.39 is 0 Å². The number of carbonyl (C=O) groups excluding carboxylic acids is 1. The number of nitrogens with one attached hydrogen (secondary N) is 2. The molecule has 0 spiro atoms. The van der Waals surface area contributed by atoms with E-state index in [1.807, 2.05) is 18.2 Å². The number of rotatable bonds is 5. The van der Waals surface area contributed by atoms with E-state index in [0.29, 0.717) is 17.3 Å². The van der Waals surface area contributed by atoms with Crippen LogP contribution in [0.5, 0.6) is 11.5 Å². The van der Waals surface area contributed by atoms with Gasteiger partial charge >= 0.3 is 0 Å². The summed E-state index contributed by atoms with van der Waals surface area (Å²) in [6.07, 6.45) is 1.79. The Morgan fingerprint density at radius 3 is 2.69 bits per heavy atom. The summed E-state index contributed by atoms with van der Waals surface area (Å²) in [5.41, 5.74) is 1.09. The zero-order chi connectivity index (χ0) is 18.6. The molecule has 1 saturated heterocycles. The summed E-state index contributed by atoms with van der Waals surface area (Å²) in [7, 11) is 1.48. The maximum atomic E-state index is 12.7. The van der Waals surface area contributed by atoms with E-state index in [9.17, 15) is 9.90 Å². The normalized spacial score (nSPS) is 16.1. The first-order valence-corrected chi connectivity index (χ1v) is 9.04. The second-order valence-corrected chi connectivity index (χ2v) is 7.01. The summed E-state index contributed by atoms with van der Waals surface area (Å²) in [4.78, 5) is 12.7. The molecule has 138 valence electrons. The Kier molecular flexibility index (Phi) is 5.69. The van der Waals surface area contributed by atoms with E-state index in [-0.39, 0.29) is 22.6 Å². The Bertz CT molecular complexity index is 788. The summed E-state index contributed by atoms with van der Waals surface area (Å²) in [6.45, 7) is 2.22. The molecule has 0 atom stereocenters. The smallest absolute Gasteiger partial charge is 0.258 e. The molecule has 0 saturated carbocycles. The third-order valence-corrected chi connectivity index (χ3v) is 5.27. The van der Waals surface area contributed by atoms with Crippen LogP contribution < -0.4 is 15.4 Å². The van der Waals surface area contributed by atoms with Gasteiger partial charge in [0.2, 0.25) is 0 Å². The lowest BCUT2D eigenvalue weighted by Gasteiger charge is -2.38. The summed E-state index contributed by atoms with van der Waals surface area (Å²) < 4.78 is 5.22. The topological polar surface area (TPSA) is 70.6 Å². The molecule has 26 heavy (non-hydrogen) atoms. The third-order valence-electron chi connectivity index (χ3n) is 5.04. The number of aromatic hydroxyl groups is 1. The van der Waals surface area contributed by atoms with Crippen LogP contribution in [0.1, 0.15) is 28.8 Å². The number of benzene rings is 2. The van der Waals surface area contributed by atoms with Crippen LogP contribution in [0.15, 0.2) is 42.5 Å². The zero-order valence-corrected chi connectivity index (χ0v) is 15.5. The van der Waals surface area contributed by atoms with E-state index in [0.717, 1.165) is 31.5 Å². The number of halogens is 1. The van der Waals surface area contributed by atoms with Crippen LogP contribution in [0, 0.1) is 0 Å². The Balaban J connectivity index is 1.84. The molecule has 0 aromatic heterocycles. The van der Waals surface area contributed by atoms with Gasteiger partial charge < -0.3 is 20.5 Å². The molecular weight excluding hydrogens is 352 g/mol. The number of piperidine rings is 1. The van der Waals surface area contributed by atoms with Crippen LogP contribution in [-0.4, -0.2) is 37.8 Å². The van der Waals surface area contributed by atoms with Crippen LogP contribution in [0.4, 0.5) is 0 Å². The van der Waals surface area contributed by atoms with Crippen molar-refractivity contribution in [2.24, 2.45) is 0 Å². The predicted molar refractivity (Wildman–Crippen MR) is 102 cm³/mol. The van der Waals surface area contributed by atoms with Crippen molar-refractivity contribution in [2.75, 3.05) is 26.7 Å². The fourth-order valence-corrected chi connectivity index (χ4v) is 3.74. The molecular formula is C20H23ClN2O3. The lowest BCUT2D eigenvalue weighted by Crippen LogP contribution is -2.47. The number of ether oxygens (including phenoxy) is 1. The number of hydrogen-bond acceptors (Lipinski definition) is 4. The average molecular weight is 375 g/mol. The Labute approximate surface area is 158 Å². The molecule has 0 radical (unpaired) electrons. The van der Waals surface area contributed by atoms with Gasteiger partial charge in [0.1, 0.15) is 17.1 Å². The molecule has 1 heterocycles. The molecule has 1 amide bonds. The summed E-state index contributed by atoms with van der Waals surface area (Å²) >= 11 is 6.19. The molecule has 1 aliphatic heterocycles. The van der Waals surface area contributed by atoms with Gasteiger partial charge in [0.05, 0.1) is 7.11 Å². The summed E-state index contributed by atoms with van der Waals surface area (Å²) in [5.74, 6) is -0.0894. The number of amides is 1. The number of carbonyl (C=O) groups is 1. The Morgan fingerprint density at radius 1 is 1.27 bits per heavy atom. The number of methoxy groups -OCH3 is 1. The fourth-order valence-electron chi connectivity index (χ4n) is 3.55. The van der Waals surface area contributed by atoms with Crippen molar-refractivity contribution in [3.63, 3.8) is 0 Å². The lowest BCUT2D eigenvalue weighted by molar-refractivity contribution is 0.0932. The van der Waals surface area contributed by atoms with Crippen LogP contribution in [0.3, 0.4) is 0 Å². The first kappa shape index (κ1) is 18.5. The van der Waals surface area contributed by atoms with E-state index in [4.69, 9.17) is 16.3 Å². The van der Waals surface area contributed by atoms with Crippen LogP contribution >= 0.6 is 11.6 Å². The molecule has 2 aromatic carbocycles. The molecule has 2 aromatic rings. The van der Waals surface area contributed by atoms with E-state index in [1.165, 1.54) is 13.2 Å².